The molecule has 2 aromatic heterocycles. The Kier molecular flexibility index (Phi) is 1.83. The van der Waals surface area contributed by atoms with Crippen LogP contribution in [0.1, 0.15) is 0 Å². The largest absolute Gasteiger partial charge is 0.336 e. The molecule has 2 N–H and O–H groups in total. The summed E-state index contributed by atoms with van der Waals surface area (Å²) in [6, 6.07) is 9.63. The first-order valence-corrected chi connectivity index (χ1v) is 4.83. The number of hydrogen-bond acceptors (Lipinski definition) is 3. The summed E-state index contributed by atoms with van der Waals surface area (Å²) in [5, 5.41) is 6.06. The number of nitrogens with zero attached hydrogens (tertiary/aromatic N) is 2. The van der Waals surface area contributed by atoms with E-state index in [1.807, 2.05) is 30.3 Å². The van der Waals surface area contributed by atoms with Gasteiger partial charge in [0.05, 0.1) is 11.7 Å². The second-order valence-electron chi connectivity index (χ2n) is 3.41. The number of fused-ring (bicyclic) bond motifs is 1. The van der Waals surface area contributed by atoms with Gasteiger partial charge in [0.1, 0.15) is 5.82 Å². The van der Waals surface area contributed by atoms with Crippen molar-refractivity contribution in [1.82, 2.24) is 20.2 Å². The smallest absolute Gasteiger partial charge is 0.292 e. The molecule has 1 aromatic carbocycles. The topological polar surface area (TPSA) is 74.4 Å². The van der Waals surface area contributed by atoms with Gasteiger partial charge >= 0.3 is 0 Å². The Hall–Kier alpha value is -2.43. The second-order valence-corrected chi connectivity index (χ2v) is 3.41. The Labute approximate surface area is 90.2 Å². The van der Waals surface area contributed by atoms with Gasteiger partial charge in [-0.3, -0.25) is 4.79 Å². The standard InChI is InChI=1S/C11H8N4O/c16-11-9-8(6-12-15-11)13-10(14-9)7-4-2-1-3-5-7/h1-6H,(H,13,14)(H,15,16). The Morgan fingerprint density at radius 1 is 1.12 bits per heavy atom. The highest BCUT2D eigenvalue weighted by Gasteiger charge is 2.07. The minimum absolute atomic E-state index is 0.282. The number of rotatable bonds is 1. The van der Waals surface area contributed by atoms with Crippen LogP contribution in [0.3, 0.4) is 0 Å². The van der Waals surface area contributed by atoms with Gasteiger partial charge in [-0.25, -0.2) is 10.1 Å². The van der Waals surface area contributed by atoms with Gasteiger partial charge in [0, 0.05) is 5.56 Å². The molecule has 78 valence electrons. The van der Waals surface area contributed by atoms with E-state index < -0.39 is 0 Å². The van der Waals surface area contributed by atoms with Crippen LogP contribution in [0.15, 0.2) is 41.3 Å². The average molecular weight is 212 g/mol. The molecule has 0 radical (unpaired) electrons. The van der Waals surface area contributed by atoms with Gasteiger partial charge in [0.25, 0.3) is 5.56 Å². The highest BCUT2D eigenvalue weighted by molar-refractivity contribution is 5.77. The molecule has 5 nitrogen and oxygen atoms in total. The predicted molar refractivity (Wildman–Crippen MR) is 59.9 cm³/mol. The normalized spacial score (nSPS) is 10.8. The molecule has 0 atom stereocenters. The molecule has 5 heteroatoms. The lowest BCUT2D eigenvalue weighted by atomic mass is 10.2. The number of imidazole rings is 1. The second kappa shape index (κ2) is 3.30. The Morgan fingerprint density at radius 3 is 2.69 bits per heavy atom. The molecule has 0 fully saturated rings. The van der Waals surface area contributed by atoms with Crippen LogP contribution in [0.5, 0.6) is 0 Å². The summed E-state index contributed by atoms with van der Waals surface area (Å²) in [6.45, 7) is 0. The molecule has 0 saturated heterocycles. The molecule has 0 amide bonds. The fourth-order valence-electron chi connectivity index (χ4n) is 1.59. The first-order chi connectivity index (χ1) is 7.84. The molecular weight excluding hydrogens is 204 g/mol. The fraction of sp³-hybridized carbons (Fsp3) is 0. The summed E-state index contributed by atoms with van der Waals surface area (Å²) in [7, 11) is 0. The van der Waals surface area contributed by atoms with Crippen LogP contribution >= 0.6 is 0 Å². The van der Waals surface area contributed by atoms with E-state index in [9.17, 15) is 4.79 Å². The van der Waals surface area contributed by atoms with Crippen LogP contribution in [0.25, 0.3) is 22.4 Å². The van der Waals surface area contributed by atoms with E-state index in [0.29, 0.717) is 16.9 Å². The van der Waals surface area contributed by atoms with E-state index in [-0.39, 0.29) is 5.56 Å². The fourth-order valence-corrected chi connectivity index (χ4v) is 1.59. The minimum Gasteiger partial charge on any atom is -0.336 e. The van der Waals surface area contributed by atoms with E-state index in [0.717, 1.165) is 5.56 Å². The Morgan fingerprint density at radius 2 is 1.94 bits per heavy atom. The minimum atomic E-state index is -0.282. The summed E-state index contributed by atoms with van der Waals surface area (Å²) < 4.78 is 0. The van der Waals surface area contributed by atoms with Crippen LogP contribution in [0, 0.1) is 0 Å². The van der Waals surface area contributed by atoms with Gasteiger partial charge in [-0.05, 0) is 0 Å². The quantitative estimate of drug-likeness (QED) is 0.638. The molecule has 3 rings (SSSR count). The zero-order valence-corrected chi connectivity index (χ0v) is 8.27. The summed E-state index contributed by atoms with van der Waals surface area (Å²) >= 11 is 0. The van der Waals surface area contributed by atoms with Crippen LogP contribution in [-0.2, 0) is 0 Å². The summed E-state index contributed by atoms with van der Waals surface area (Å²) in [5.41, 5.74) is 1.69. The van der Waals surface area contributed by atoms with E-state index in [2.05, 4.69) is 20.2 Å². The lowest BCUT2D eigenvalue weighted by Gasteiger charge is -1.93. The van der Waals surface area contributed by atoms with Crippen molar-refractivity contribution in [1.29, 1.82) is 0 Å². The third kappa shape index (κ3) is 1.30. The number of hydrogen-bond donors (Lipinski definition) is 2. The molecular formula is C11H8N4O. The number of H-pyrrole nitrogens is 2. The van der Waals surface area contributed by atoms with Crippen molar-refractivity contribution in [2.45, 2.75) is 0 Å². The maximum Gasteiger partial charge on any atom is 0.292 e. The monoisotopic (exact) mass is 212 g/mol. The van der Waals surface area contributed by atoms with E-state index in [1.54, 1.807) is 6.20 Å². The van der Waals surface area contributed by atoms with Crippen LogP contribution in [0.4, 0.5) is 0 Å². The number of aromatic amines is 2. The van der Waals surface area contributed by atoms with Crippen LogP contribution in [0.2, 0.25) is 0 Å². The number of benzene rings is 1. The molecule has 0 saturated carbocycles. The first-order valence-electron chi connectivity index (χ1n) is 4.83. The molecule has 0 aliphatic carbocycles. The summed E-state index contributed by atoms with van der Waals surface area (Å²) in [5.74, 6) is 0.675. The molecule has 0 aliphatic heterocycles. The lowest BCUT2D eigenvalue weighted by molar-refractivity contribution is 1.01. The predicted octanol–water partition coefficient (Wildman–Crippen LogP) is 1.31. The van der Waals surface area contributed by atoms with Crippen molar-refractivity contribution in [2.75, 3.05) is 0 Å². The number of nitrogens with one attached hydrogen (secondary N) is 2. The van der Waals surface area contributed by atoms with E-state index >= 15 is 0 Å². The molecule has 0 spiro atoms. The zero-order valence-electron chi connectivity index (χ0n) is 8.27. The molecule has 3 aromatic rings. The lowest BCUT2D eigenvalue weighted by Crippen LogP contribution is -2.06. The van der Waals surface area contributed by atoms with Gasteiger partial charge < -0.3 is 4.98 Å². The van der Waals surface area contributed by atoms with Crippen molar-refractivity contribution in [3.63, 3.8) is 0 Å². The maximum atomic E-state index is 11.4. The van der Waals surface area contributed by atoms with Crippen molar-refractivity contribution in [3.8, 4) is 11.4 Å². The Balaban J connectivity index is 2.28. The molecule has 16 heavy (non-hydrogen) atoms. The molecule has 0 bridgehead atoms. The van der Waals surface area contributed by atoms with Gasteiger partial charge in [-0.15, -0.1) is 0 Å². The third-order valence-corrected chi connectivity index (χ3v) is 2.35. The van der Waals surface area contributed by atoms with Crippen LogP contribution in [-0.4, -0.2) is 20.2 Å². The van der Waals surface area contributed by atoms with Gasteiger partial charge in [-0.2, -0.15) is 5.10 Å². The average Bonchev–Trinajstić information content (AvgIpc) is 2.76. The Bertz CT molecular complexity index is 684. The van der Waals surface area contributed by atoms with Gasteiger partial charge in [0.2, 0.25) is 0 Å². The first kappa shape index (κ1) is 8.84. The summed E-state index contributed by atoms with van der Waals surface area (Å²) in [6.07, 6.45) is 1.55. The molecule has 0 aliphatic rings. The molecule has 2 heterocycles. The third-order valence-electron chi connectivity index (χ3n) is 2.35. The van der Waals surface area contributed by atoms with Gasteiger partial charge in [0.15, 0.2) is 5.52 Å². The van der Waals surface area contributed by atoms with Crippen molar-refractivity contribution in [2.24, 2.45) is 0 Å². The van der Waals surface area contributed by atoms with E-state index in [4.69, 9.17) is 0 Å². The van der Waals surface area contributed by atoms with Crippen molar-refractivity contribution >= 4 is 11.0 Å². The zero-order chi connectivity index (χ0) is 11.0. The SMILES string of the molecule is O=c1[nH]ncc2[nH]c(-c3ccccc3)nc12. The number of aromatic nitrogens is 4. The van der Waals surface area contributed by atoms with Crippen molar-refractivity contribution < 1.29 is 0 Å². The summed E-state index contributed by atoms with van der Waals surface area (Å²) in [4.78, 5) is 18.7. The molecule has 0 unspecified atom stereocenters. The van der Waals surface area contributed by atoms with Crippen LogP contribution < -0.4 is 5.56 Å². The highest BCUT2D eigenvalue weighted by atomic mass is 16.1. The van der Waals surface area contributed by atoms with Crippen molar-refractivity contribution in [3.05, 3.63) is 46.9 Å². The van der Waals surface area contributed by atoms with Gasteiger partial charge in [-0.1, -0.05) is 30.3 Å². The highest BCUT2D eigenvalue weighted by Crippen LogP contribution is 2.16. The maximum absolute atomic E-state index is 11.4. The van der Waals surface area contributed by atoms with E-state index in [1.165, 1.54) is 0 Å².